The Morgan fingerprint density at radius 2 is 1.70 bits per heavy atom. The smallest absolute Gasteiger partial charge is 0.335 e. The zero-order valence-corrected chi connectivity index (χ0v) is 11.5. The summed E-state index contributed by atoms with van der Waals surface area (Å²) in [7, 11) is -2.30. The Balaban J connectivity index is 2.43. The van der Waals surface area contributed by atoms with Gasteiger partial charge in [0.05, 0.1) is 16.1 Å². The van der Waals surface area contributed by atoms with Gasteiger partial charge in [-0.15, -0.1) is 0 Å². The monoisotopic (exact) mass is 291 g/mol. The summed E-state index contributed by atoms with van der Waals surface area (Å²) in [5.41, 5.74) is 0.339. The second-order valence-electron chi connectivity index (χ2n) is 4.14. The molecule has 0 heterocycles. The SMILES string of the molecule is CN(c1cccc(C(=O)O)c1)S(=O)(=O)c1ccccc1. The van der Waals surface area contributed by atoms with Crippen LogP contribution in [-0.2, 0) is 10.0 Å². The number of nitrogens with zero attached hydrogens (tertiary/aromatic N) is 1. The van der Waals surface area contributed by atoms with E-state index in [2.05, 4.69) is 0 Å². The van der Waals surface area contributed by atoms with Crippen molar-refractivity contribution in [2.45, 2.75) is 4.90 Å². The second kappa shape index (κ2) is 5.34. The highest BCUT2D eigenvalue weighted by molar-refractivity contribution is 7.92. The van der Waals surface area contributed by atoms with E-state index in [1.54, 1.807) is 24.3 Å². The Bertz CT molecular complexity index is 726. The number of carboxylic acid groups (broad SMARTS) is 1. The fourth-order valence-corrected chi connectivity index (χ4v) is 2.93. The molecular formula is C14H13NO4S. The van der Waals surface area contributed by atoms with Crippen molar-refractivity contribution in [3.63, 3.8) is 0 Å². The number of carbonyl (C=O) groups is 1. The maximum atomic E-state index is 12.4. The van der Waals surface area contributed by atoms with E-state index < -0.39 is 16.0 Å². The van der Waals surface area contributed by atoms with E-state index in [4.69, 9.17) is 5.11 Å². The van der Waals surface area contributed by atoms with Gasteiger partial charge in [-0.3, -0.25) is 4.31 Å². The number of hydrogen-bond donors (Lipinski definition) is 1. The predicted octanol–water partition coefficient (Wildman–Crippen LogP) is 2.21. The van der Waals surface area contributed by atoms with Crippen LogP contribution in [0.3, 0.4) is 0 Å². The van der Waals surface area contributed by atoms with E-state index >= 15 is 0 Å². The van der Waals surface area contributed by atoms with Gasteiger partial charge in [-0.25, -0.2) is 13.2 Å². The van der Waals surface area contributed by atoms with E-state index in [9.17, 15) is 13.2 Å². The van der Waals surface area contributed by atoms with Gasteiger partial charge in [-0.2, -0.15) is 0 Å². The Morgan fingerprint density at radius 3 is 2.30 bits per heavy atom. The predicted molar refractivity (Wildman–Crippen MR) is 75.4 cm³/mol. The van der Waals surface area contributed by atoms with Gasteiger partial charge in [0.25, 0.3) is 10.0 Å². The molecule has 0 amide bonds. The van der Waals surface area contributed by atoms with Gasteiger partial charge in [-0.1, -0.05) is 24.3 Å². The number of aromatic carboxylic acids is 1. The van der Waals surface area contributed by atoms with E-state index in [0.717, 1.165) is 4.31 Å². The molecule has 0 radical (unpaired) electrons. The molecule has 0 aliphatic rings. The molecule has 0 atom stereocenters. The largest absolute Gasteiger partial charge is 0.478 e. The molecule has 1 N–H and O–H groups in total. The molecule has 0 unspecified atom stereocenters. The van der Waals surface area contributed by atoms with Crippen LogP contribution >= 0.6 is 0 Å². The molecule has 0 spiro atoms. The van der Waals surface area contributed by atoms with E-state index in [0.29, 0.717) is 5.69 Å². The zero-order valence-electron chi connectivity index (χ0n) is 10.7. The Morgan fingerprint density at radius 1 is 1.05 bits per heavy atom. The van der Waals surface area contributed by atoms with Gasteiger partial charge in [0.1, 0.15) is 0 Å². The average Bonchev–Trinajstić information content (AvgIpc) is 2.47. The molecule has 0 saturated heterocycles. The first kappa shape index (κ1) is 14.1. The van der Waals surface area contributed by atoms with Gasteiger partial charge in [0.2, 0.25) is 0 Å². The minimum Gasteiger partial charge on any atom is -0.478 e. The standard InChI is InChI=1S/C14H13NO4S/c1-15(12-7-5-6-11(10-12)14(16)17)20(18,19)13-8-3-2-4-9-13/h2-10H,1H3,(H,16,17). The molecule has 20 heavy (non-hydrogen) atoms. The van der Waals surface area contributed by atoms with Gasteiger partial charge in [0, 0.05) is 7.05 Å². The van der Waals surface area contributed by atoms with Crippen LogP contribution < -0.4 is 4.31 Å². The van der Waals surface area contributed by atoms with Crippen LogP contribution in [0.1, 0.15) is 10.4 Å². The summed E-state index contributed by atoms with van der Waals surface area (Å²) in [5, 5.41) is 8.94. The first-order chi connectivity index (χ1) is 9.43. The van der Waals surface area contributed by atoms with Crippen molar-refractivity contribution >= 4 is 21.7 Å². The highest BCUT2D eigenvalue weighted by Crippen LogP contribution is 2.22. The molecule has 0 aliphatic carbocycles. The van der Waals surface area contributed by atoms with Crippen LogP contribution in [0.2, 0.25) is 0 Å². The number of hydrogen-bond acceptors (Lipinski definition) is 3. The highest BCUT2D eigenvalue weighted by Gasteiger charge is 2.21. The summed E-state index contributed by atoms with van der Waals surface area (Å²) in [6, 6.07) is 13.8. The van der Waals surface area contributed by atoms with Crippen molar-refractivity contribution in [3.8, 4) is 0 Å². The third-order valence-corrected chi connectivity index (χ3v) is 4.66. The molecule has 104 valence electrons. The first-order valence-electron chi connectivity index (χ1n) is 5.80. The lowest BCUT2D eigenvalue weighted by atomic mass is 10.2. The van der Waals surface area contributed by atoms with E-state index in [-0.39, 0.29) is 10.5 Å². The lowest BCUT2D eigenvalue weighted by Gasteiger charge is -2.19. The summed E-state index contributed by atoms with van der Waals surface area (Å²) in [6.45, 7) is 0. The van der Waals surface area contributed by atoms with Crippen molar-refractivity contribution in [2.24, 2.45) is 0 Å². The lowest BCUT2D eigenvalue weighted by Crippen LogP contribution is -2.26. The van der Waals surface area contributed by atoms with Crippen molar-refractivity contribution < 1.29 is 18.3 Å². The van der Waals surface area contributed by atoms with Crippen LogP contribution in [0.15, 0.2) is 59.5 Å². The molecule has 6 heteroatoms. The Hall–Kier alpha value is -2.34. The molecule has 2 aromatic rings. The van der Waals surface area contributed by atoms with Crippen LogP contribution in [0.5, 0.6) is 0 Å². The minimum absolute atomic E-state index is 0.0395. The molecule has 0 bridgehead atoms. The summed E-state index contributed by atoms with van der Waals surface area (Å²) in [4.78, 5) is 11.1. The molecule has 2 rings (SSSR count). The summed E-state index contributed by atoms with van der Waals surface area (Å²) in [5.74, 6) is -1.10. The average molecular weight is 291 g/mol. The number of carboxylic acids is 1. The Labute approximate surface area is 117 Å². The molecule has 0 aromatic heterocycles. The van der Waals surface area contributed by atoms with Gasteiger partial charge in [0.15, 0.2) is 0 Å². The van der Waals surface area contributed by atoms with Crippen LogP contribution in [-0.4, -0.2) is 26.5 Å². The second-order valence-corrected chi connectivity index (χ2v) is 6.11. The number of sulfonamides is 1. The van der Waals surface area contributed by atoms with Gasteiger partial charge in [-0.05, 0) is 30.3 Å². The summed E-state index contributed by atoms with van der Waals surface area (Å²) in [6.07, 6.45) is 0. The van der Waals surface area contributed by atoms with Crippen molar-refractivity contribution in [3.05, 3.63) is 60.2 Å². The van der Waals surface area contributed by atoms with Crippen molar-refractivity contribution in [1.82, 2.24) is 0 Å². The third-order valence-electron chi connectivity index (χ3n) is 2.86. The van der Waals surface area contributed by atoms with Gasteiger partial charge < -0.3 is 5.11 Å². The van der Waals surface area contributed by atoms with E-state index in [1.165, 1.54) is 37.4 Å². The summed E-state index contributed by atoms with van der Waals surface area (Å²) < 4.78 is 25.8. The highest BCUT2D eigenvalue weighted by atomic mass is 32.2. The molecule has 2 aromatic carbocycles. The lowest BCUT2D eigenvalue weighted by molar-refractivity contribution is 0.0697. The molecule has 5 nitrogen and oxygen atoms in total. The number of rotatable bonds is 4. The molecular weight excluding hydrogens is 278 g/mol. The van der Waals surface area contributed by atoms with Gasteiger partial charge >= 0.3 is 5.97 Å². The molecule has 0 aliphatic heterocycles. The fraction of sp³-hybridized carbons (Fsp3) is 0.0714. The molecule has 0 fully saturated rings. The quantitative estimate of drug-likeness (QED) is 0.937. The Kier molecular flexibility index (Phi) is 3.76. The summed E-state index contributed by atoms with van der Waals surface area (Å²) >= 11 is 0. The van der Waals surface area contributed by atoms with Crippen LogP contribution in [0.4, 0.5) is 5.69 Å². The van der Waals surface area contributed by atoms with Crippen LogP contribution in [0.25, 0.3) is 0 Å². The maximum absolute atomic E-state index is 12.4. The van der Waals surface area contributed by atoms with Crippen molar-refractivity contribution in [1.29, 1.82) is 0 Å². The number of anilines is 1. The normalized spacial score (nSPS) is 11.1. The number of benzene rings is 2. The zero-order chi connectivity index (χ0) is 14.8. The molecule has 0 saturated carbocycles. The topological polar surface area (TPSA) is 74.7 Å². The fourth-order valence-electron chi connectivity index (χ4n) is 1.72. The first-order valence-corrected chi connectivity index (χ1v) is 7.24. The van der Waals surface area contributed by atoms with Crippen molar-refractivity contribution in [2.75, 3.05) is 11.4 Å². The van der Waals surface area contributed by atoms with Crippen LogP contribution in [0, 0.1) is 0 Å². The van der Waals surface area contributed by atoms with E-state index in [1.807, 2.05) is 0 Å². The third kappa shape index (κ3) is 2.65. The maximum Gasteiger partial charge on any atom is 0.335 e. The minimum atomic E-state index is -3.69.